The lowest BCUT2D eigenvalue weighted by molar-refractivity contribution is 0.615. The fourth-order valence-electron chi connectivity index (χ4n) is 2.21. The van der Waals surface area contributed by atoms with Crippen LogP contribution in [-0.2, 0) is 6.54 Å². The van der Waals surface area contributed by atoms with Crippen molar-refractivity contribution in [2.24, 2.45) is 0 Å². The van der Waals surface area contributed by atoms with Crippen LogP contribution in [0.1, 0.15) is 36.1 Å². The molecule has 0 heterocycles. The van der Waals surface area contributed by atoms with Crippen molar-refractivity contribution in [3.63, 3.8) is 0 Å². The third-order valence-corrected chi connectivity index (χ3v) is 3.82. The van der Waals surface area contributed by atoms with E-state index in [1.165, 1.54) is 23.3 Å². The quantitative estimate of drug-likeness (QED) is 0.806. The number of benzene rings is 2. The Kier molecular flexibility index (Phi) is 5.90. The van der Waals surface area contributed by atoms with Gasteiger partial charge in [-0.2, -0.15) is 0 Å². The van der Waals surface area contributed by atoms with Crippen LogP contribution in [0.4, 0.5) is 4.39 Å². The average molecular weight is 316 g/mol. The molecule has 0 bridgehead atoms. The zero-order valence-corrected chi connectivity index (χ0v) is 13.7. The maximum Gasteiger partial charge on any atom is 0.167 e. The summed E-state index contributed by atoms with van der Waals surface area (Å²) in [4.78, 5) is 0. The molecule has 0 fully saturated rings. The van der Waals surface area contributed by atoms with Crippen molar-refractivity contribution >= 4 is 17.3 Å². The number of rotatable bonds is 5. The van der Waals surface area contributed by atoms with E-state index in [2.05, 4.69) is 48.7 Å². The van der Waals surface area contributed by atoms with Crippen molar-refractivity contribution in [2.75, 3.05) is 0 Å². The van der Waals surface area contributed by atoms with Gasteiger partial charge in [-0.3, -0.25) is 0 Å². The SMILES string of the molecule is CC[C@@H](NC(=S)NCc1ccc(F)cc1)c1ccc(C)cc1. The number of thiocarbonyl (C=S) groups is 1. The van der Waals surface area contributed by atoms with Gasteiger partial charge in [0.25, 0.3) is 0 Å². The minimum Gasteiger partial charge on any atom is -0.359 e. The Balaban J connectivity index is 1.89. The van der Waals surface area contributed by atoms with Gasteiger partial charge in [0.05, 0.1) is 6.04 Å². The molecule has 2 aromatic rings. The first-order valence-corrected chi connectivity index (χ1v) is 7.84. The van der Waals surface area contributed by atoms with Gasteiger partial charge in [-0.15, -0.1) is 0 Å². The summed E-state index contributed by atoms with van der Waals surface area (Å²) >= 11 is 5.35. The van der Waals surface area contributed by atoms with Crippen molar-refractivity contribution in [3.05, 3.63) is 71.0 Å². The molecule has 0 aliphatic heterocycles. The second kappa shape index (κ2) is 7.90. The van der Waals surface area contributed by atoms with Gasteiger partial charge in [0.15, 0.2) is 5.11 Å². The van der Waals surface area contributed by atoms with Crippen LogP contribution in [0.2, 0.25) is 0 Å². The average Bonchev–Trinajstić information content (AvgIpc) is 2.53. The second-order valence-electron chi connectivity index (χ2n) is 5.32. The molecule has 0 saturated carbocycles. The monoisotopic (exact) mass is 316 g/mol. The minimum atomic E-state index is -0.227. The smallest absolute Gasteiger partial charge is 0.167 e. The highest BCUT2D eigenvalue weighted by Gasteiger charge is 2.10. The maximum absolute atomic E-state index is 12.9. The van der Waals surface area contributed by atoms with Gasteiger partial charge in [0.2, 0.25) is 0 Å². The van der Waals surface area contributed by atoms with Crippen LogP contribution < -0.4 is 10.6 Å². The fraction of sp³-hybridized carbons (Fsp3) is 0.278. The topological polar surface area (TPSA) is 24.1 Å². The first-order chi connectivity index (χ1) is 10.6. The highest BCUT2D eigenvalue weighted by molar-refractivity contribution is 7.80. The number of hydrogen-bond donors (Lipinski definition) is 2. The van der Waals surface area contributed by atoms with Crippen LogP contribution in [0, 0.1) is 12.7 Å². The highest BCUT2D eigenvalue weighted by Crippen LogP contribution is 2.17. The maximum atomic E-state index is 12.9. The van der Waals surface area contributed by atoms with E-state index in [9.17, 15) is 4.39 Å². The molecular formula is C18H21FN2S. The summed E-state index contributed by atoms with van der Waals surface area (Å²) in [7, 11) is 0. The van der Waals surface area contributed by atoms with Crippen LogP contribution in [-0.4, -0.2) is 5.11 Å². The molecule has 0 aliphatic carbocycles. The molecule has 2 aromatic carbocycles. The van der Waals surface area contributed by atoms with Crippen LogP contribution in [0.15, 0.2) is 48.5 Å². The van der Waals surface area contributed by atoms with E-state index in [4.69, 9.17) is 12.2 Å². The summed E-state index contributed by atoms with van der Waals surface area (Å²) in [6.45, 7) is 4.78. The fourth-order valence-corrected chi connectivity index (χ4v) is 2.43. The lowest BCUT2D eigenvalue weighted by Gasteiger charge is -2.20. The molecule has 0 radical (unpaired) electrons. The van der Waals surface area contributed by atoms with E-state index in [1.807, 2.05) is 0 Å². The normalized spacial score (nSPS) is 11.8. The van der Waals surface area contributed by atoms with Crippen molar-refractivity contribution in [1.29, 1.82) is 0 Å². The van der Waals surface area contributed by atoms with Gasteiger partial charge in [-0.1, -0.05) is 48.9 Å². The summed E-state index contributed by atoms with van der Waals surface area (Å²) < 4.78 is 12.9. The first-order valence-electron chi connectivity index (χ1n) is 7.44. The minimum absolute atomic E-state index is 0.189. The summed E-state index contributed by atoms with van der Waals surface area (Å²) in [6, 6.07) is 15.1. The summed E-state index contributed by atoms with van der Waals surface area (Å²) in [5.74, 6) is -0.227. The standard InChI is InChI=1S/C18H21FN2S/c1-3-17(15-8-4-13(2)5-9-15)21-18(22)20-12-14-6-10-16(19)11-7-14/h4-11,17H,3,12H2,1-2H3,(H2,20,21,22)/t17-/m1/s1. The molecule has 0 aliphatic rings. The number of aryl methyl sites for hydroxylation is 1. The largest absolute Gasteiger partial charge is 0.359 e. The van der Waals surface area contributed by atoms with Crippen LogP contribution in [0.5, 0.6) is 0 Å². The van der Waals surface area contributed by atoms with Gasteiger partial charge in [-0.05, 0) is 48.8 Å². The molecule has 1 atom stereocenters. The van der Waals surface area contributed by atoms with Crippen LogP contribution in [0.3, 0.4) is 0 Å². The van der Waals surface area contributed by atoms with Gasteiger partial charge in [0.1, 0.15) is 5.82 Å². The van der Waals surface area contributed by atoms with Gasteiger partial charge < -0.3 is 10.6 Å². The van der Waals surface area contributed by atoms with Crippen molar-refractivity contribution in [2.45, 2.75) is 32.9 Å². The molecule has 2 nitrogen and oxygen atoms in total. The lowest BCUT2D eigenvalue weighted by atomic mass is 10.0. The lowest BCUT2D eigenvalue weighted by Crippen LogP contribution is -2.37. The van der Waals surface area contributed by atoms with E-state index in [1.54, 1.807) is 12.1 Å². The third kappa shape index (κ3) is 4.81. The van der Waals surface area contributed by atoms with E-state index < -0.39 is 0 Å². The summed E-state index contributed by atoms with van der Waals surface area (Å²) in [6.07, 6.45) is 0.946. The molecule has 0 aromatic heterocycles. The van der Waals surface area contributed by atoms with E-state index >= 15 is 0 Å². The molecular weight excluding hydrogens is 295 g/mol. The predicted molar refractivity (Wildman–Crippen MR) is 93.2 cm³/mol. The Morgan fingerprint density at radius 3 is 2.32 bits per heavy atom. The first kappa shape index (κ1) is 16.4. The van der Waals surface area contributed by atoms with Crippen LogP contribution >= 0.6 is 12.2 Å². The second-order valence-corrected chi connectivity index (χ2v) is 5.73. The summed E-state index contributed by atoms with van der Waals surface area (Å²) in [5.41, 5.74) is 3.46. The van der Waals surface area contributed by atoms with Crippen LogP contribution in [0.25, 0.3) is 0 Å². The third-order valence-electron chi connectivity index (χ3n) is 3.56. The Hall–Kier alpha value is -1.94. The number of halogens is 1. The predicted octanol–water partition coefficient (Wildman–Crippen LogP) is 4.25. The molecule has 22 heavy (non-hydrogen) atoms. The Bertz CT molecular complexity index is 608. The van der Waals surface area contributed by atoms with E-state index in [-0.39, 0.29) is 11.9 Å². The molecule has 4 heteroatoms. The molecule has 0 amide bonds. The molecule has 0 saturated heterocycles. The van der Waals surface area contributed by atoms with Crippen molar-refractivity contribution in [1.82, 2.24) is 10.6 Å². The zero-order chi connectivity index (χ0) is 15.9. The zero-order valence-electron chi connectivity index (χ0n) is 12.9. The molecule has 116 valence electrons. The van der Waals surface area contributed by atoms with Gasteiger partial charge >= 0.3 is 0 Å². The number of hydrogen-bond acceptors (Lipinski definition) is 1. The Morgan fingerprint density at radius 2 is 1.73 bits per heavy atom. The van der Waals surface area contributed by atoms with Crippen molar-refractivity contribution < 1.29 is 4.39 Å². The van der Waals surface area contributed by atoms with Crippen molar-refractivity contribution in [3.8, 4) is 0 Å². The molecule has 2 rings (SSSR count). The molecule has 2 N–H and O–H groups in total. The van der Waals surface area contributed by atoms with Gasteiger partial charge in [-0.25, -0.2) is 4.39 Å². The number of nitrogens with one attached hydrogen (secondary N) is 2. The molecule has 0 spiro atoms. The molecule has 0 unspecified atom stereocenters. The van der Waals surface area contributed by atoms with E-state index in [0.29, 0.717) is 11.7 Å². The van der Waals surface area contributed by atoms with E-state index in [0.717, 1.165) is 12.0 Å². The Morgan fingerprint density at radius 1 is 1.09 bits per heavy atom. The van der Waals surface area contributed by atoms with Gasteiger partial charge in [0, 0.05) is 6.54 Å². The summed E-state index contributed by atoms with van der Waals surface area (Å²) in [5, 5.41) is 7.10. The highest BCUT2D eigenvalue weighted by atomic mass is 32.1. The Labute approximate surface area is 136 Å².